The van der Waals surface area contributed by atoms with E-state index in [1.54, 1.807) is 17.3 Å². The smallest absolute Gasteiger partial charge is 0.161 e. The molecule has 2 aromatic rings. The summed E-state index contributed by atoms with van der Waals surface area (Å²) in [6, 6.07) is 0.623. The first-order valence-electron chi connectivity index (χ1n) is 10.0. The van der Waals surface area contributed by atoms with Gasteiger partial charge < -0.3 is 14.9 Å². The van der Waals surface area contributed by atoms with Crippen molar-refractivity contribution >= 4 is 11.4 Å². The van der Waals surface area contributed by atoms with Gasteiger partial charge in [0, 0.05) is 24.9 Å². The lowest BCUT2D eigenvalue weighted by Gasteiger charge is -2.40. The number of fused-ring (bicyclic) bond motifs is 3. The van der Waals surface area contributed by atoms with E-state index in [1.165, 1.54) is 25.7 Å². The van der Waals surface area contributed by atoms with Crippen molar-refractivity contribution in [2.75, 3.05) is 11.9 Å². The molecule has 1 N–H and O–H groups in total. The molecule has 28 heavy (non-hydrogen) atoms. The van der Waals surface area contributed by atoms with Crippen LogP contribution in [0.4, 0.5) is 5.82 Å². The molecule has 1 aliphatic carbocycles. The Morgan fingerprint density at radius 2 is 2.07 bits per heavy atom. The van der Waals surface area contributed by atoms with E-state index in [4.69, 9.17) is 4.98 Å². The van der Waals surface area contributed by atoms with Crippen LogP contribution in [-0.4, -0.2) is 54.1 Å². The van der Waals surface area contributed by atoms with Gasteiger partial charge in [0.05, 0.1) is 12.2 Å². The van der Waals surface area contributed by atoms with Crippen molar-refractivity contribution in [1.82, 2.24) is 29.6 Å². The van der Waals surface area contributed by atoms with Crippen LogP contribution in [0.3, 0.4) is 0 Å². The van der Waals surface area contributed by atoms with Gasteiger partial charge in [-0.1, -0.05) is 19.8 Å². The third kappa shape index (κ3) is 2.63. The highest BCUT2D eigenvalue weighted by Gasteiger charge is 2.38. The molecule has 1 saturated carbocycles. The van der Waals surface area contributed by atoms with Crippen LogP contribution in [0.25, 0.3) is 11.3 Å². The molecule has 0 aromatic carbocycles. The first kappa shape index (κ1) is 17.4. The van der Waals surface area contributed by atoms with E-state index in [-0.39, 0.29) is 6.04 Å². The molecule has 2 aromatic heterocycles. The van der Waals surface area contributed by atoms with E-state index < -0.39 is 6.23 Å². The van der Waals surface area contributed by atoms with Crippen LogP contribution in [0.1, 0.15) is 56.7 Å². The van der Waals surface area contributed by atoms with Crippen LogP contribution >= 0.6 is 0 Å². The van der Waals surface area contributed by atoms with Gasteiger partial charge >= 0.3 is 0 Å². The highest BCUT2D eigenvalue weighted by molar-refractivity contribution is 5.73. The van der Waals surface area contributed by atoms with Crippen molar-refractivity contribution in [3.8, 4) is 5.69 Å². The first-order chi connectivity index (χ1) is 13.7. The lowest BCUT2D eigenvalue weighted by molar-refractivity contribution is 0.0980. The second-order valence-electron chi connectivity index (χ2n) is 7.75. The summed E-state index contributed by atoms with van der Waals surface area (Å²) in [5, 5.41) is 18.7. The monoisotopic (exact) mass is 379 g/mol. The second kappa shape index (κ2) is 6.70. The largest absolute Gasteiger partial charge is 0.370 e. The third-order valence-corrected chi connectivity index (χ3v) is 6.06. The second-order valence-corrected chi connectivity index (χ2v) is 7.75. The minimum Gasteiger partial charge on any atom is -0.370 e. The molecule has 8 heteroatoms. The maximum absolute atomic E-state index is 10.2. The minimum absolute atomic E-state index is 0.161. The summed E-state index contributed by atoms with van der Waals surface area (Å²) in [6.07, 6.45) is 14.3. The average molecular weight is 379 g/mol. The number of hydrogen-bond acceptors (Lipinski definition) is 7. The summed E-state index contributed by atoms with van der Waals surface area (Å²) < 4.78 is 2.02. The van der Waals surface area contributed by atoms with Crippen molar-refractivity contribution in [3.05, 3.63) is 42.5 Å². The Hall–Kier alpha value is -2.74. The van der Waals surface area contributed by atoms with Crippen LogP contribution < -0.4 is 4.90 Å². The number of nitrogens with zero attached hydrogens (tertiary/aromatic N) is 7. The van der Waals surface area contributed by atoms with Crippen molar-refractivity contribution in [3.63, 3.8) is 0 Å². The van der Waals surface area contributed by atoms with Crippen LogP contribution in [0.5, 0.6) is 0 Å². The van der Waals surface area contributed by atoms with E-state index in [2.05, 4.69) is 27.0 Å². The predicted molar refractivity (Wildman–Crippen MR) is 106 cm³/mol. The summed E-state index contributed by atoms with van der Waals surface area (Å²) >= 11 is 0. The van der Waals surface area contributed by atoms with Gasteiger partial charge in [0.25, 0.3) is 0 Å². The van der Waals surface area contributed by atoms with Crippen LogP contribution in [0.15, 0.2) is 30.9 Å². The summed E-state index contributed by atoms with van der Waals surface area (Å²) in [5.41, 5.74) is 1.76. The minimum atomic E-state index is -0.668. The normalized spacial score (nSPS) is 24.3. The number of aromatic nitrogens is 5. The Balaban J connectivity index is 1.64. The Bertz CT molecular complexity index is 944. The van der Waals surface area contributed by atoms with Gasteiger partial charge in [0.2, 0.25) is 0 Å². The third-order valence-electron chi connectivity index (χ3n) is 6.06. The molecule has 0 saturated heterocycles. The molecule has 0 amide bonds. The molecule has 146 valence electrons. The molecule has 0 radical (unpaired) electrons. The van der Waals surface area contributed by atoms with E-state index in [1.807, 2.05) is 30.1 Å². The van der Waals surface area contributed by atoms with Crippen LogP contribution in [0.2, 0.25) is 0 Å². The zero-order valence-electron chi connectivity index (χ0n) is 16.2. The van der Waals surface area contributed by atoms with Gasteiger partial charge in [-0.15, -0.1) is 10.2 Å². The van der Waals surface area contributed by atoms with E-state index in [0.717, 1.165) is 29.3 Å². The number of likely N-dealkylation sites (N-methyl/N-ethyl adjacent to an activating group) is 1. The zero-order valence-corrected chi connectivity index (χ0v) is 16.2. The van der Waals surface area contributed by atoms with Gasteiger partial charge in [-0.2, -0.15) is 0 Å². The molecule has 2 aliphatic heterocycles. The van der Waals surface area contributed by atoms with Crippen molar-refractivity contribution in [2.45, 2.75) is 57.3 Å². The fraction of sp³-hybridized carbons (Fsp3) is 0.500. The highest BCUT2D eigenvalue weighted by Crippen LogP contribution is 2.42. The van der Waals surface area contributed by atoms with E-state index in [0.29, 0.717) is 11.9 Å². The Labute approximate surface area is 164 Å². The number of rotatable bonds is 3. The van der Waals surface area contributed by atoms with Gasteiger partial charge in [-0.3, -0.25) is 4.57 Å². The first-order valence-corrected chi connectivity index (χ1v) is 10.0. The van der Waals surface area contributed by atoms with Crippen LogP contribution in [-0.2, 0) is 0 Å². The topological polar surface area (TPSA) is 83.2 Å². The van der Waals surface area contributed by atoms with Gasteiger partial charge in [0.1, 0.15) is 18.2 Å². The van der Waals surface area contributed by atoms with Crippen molar-refractivity contribution in [2.24, 2.45) is 0 Å². The van der Waals surface area contributed by atoms with Gasteiger partial charge in [-0.05, 0) is 31.4 Å². The highest BCUT2D eigenvalue weighted by atomic mass is 16.3. The molecule has 0 spiro atoms. The Kier molecular flexibility index (Phi) is 4.16. The standard InChI is InChI=1S/C20H25N7O/c1-3-15-20-24-22-12-26(20)16-11-21-18(13-8-9-25(2)17(28)10-13)23-19(16)27(15)14-6-4-5-7-14/h8-12,14-15,17,28H,3-7H2,1-2H3/t15-,17?/m1/s1. The predicted octanol–water partition coefficient (Wildman–Crippen LogP) is 2.43. The molecule has 3 aliphatic rings. The number of anilines is 1. The summed E-state index contributed by atoms with van der Waals surface area (Å²) in [4.78, 5) is 13.8. The molecule has 2 atom stereocenters. The average Bonchev–Trinajstić information content (AvgIpc) is 3.40. The molecule has 4 heterocycles. The lowest BCUT2D eigenvalue weighted by atomic mass is 10.0. The van der Waals surface area contributed by atoms with Gasteiger partial charge in [-0.25, -0.2) is 9.97 Å². The molecule has 8 nitrogen and oxygen atoms in total. The number of allylic oxidation sites excluding steroid dienone is 2. The SMILES string of the molecule is CC[C@@H]1c2nncn2-c2cnc(C3=CC(O)N(C)C=C3)nc2N1C1CCCC1. The fourth-order valence-corrected chi connectivity index (χ4v) is 4.55. The zero-order chi connectivity index (χ0) is 19.3. The maximum Gasteiger partial charge on any atom is 0.161 e. The molecule has 5 rings (SSSR count). The number of aliphatic hydroxyl groups is 1. The summed E-state index contributed by atoms with van der Waals surface area (Å²) in [5.74, 6) is 2.54. The maximum atomic E-state index is 10.2. The Morgan fingerprint density at radius 1 is 1.25 bits per heavy atom. The molecule has 1 unspecified atom stereocenters. The van der Waals surface area contributed by atoms with Crippen molar-refractivity contribution in [1.29, 1.82) is 0 Å². The Morgan fingerprint density at radius 3 is 2.82 bits per heavy atom. The molecule has 1 fully saturated rings. The van der Waals surface area contributed by atoms with Gasteiger partial charge in [0.15, 0.2) is 17.5 Å². The van der Waals surface area contributed by atoms with E-state index in [9.17, 15) is 5.11 Å². The lowest BCUT2D eigenvalue weighted by Crippen LogP contribution is -2.42. The number of hydrogen-bond donors (Lipinski definition) is 1. The van der Waals surface area contributed by atoms with Crippen LogP contribution in [0, 0.1) is 0 Å². The number of aliphatic hydroxyl groups excluding tert-OH is 1. The fourth-order valence-electron chi connectivity index (χ4n) is 4.55. The molecular formula is C20H25N7O. The molecule has 0 bridgehead atoms. The quantitative estimate of drug-likeness (QED) is 0.877. The van der Waals surface area contributed by atoms with Crippen molar-refractivity contribution < 1.29 is 5.11 Å². The molecular weight excluding hydrogens is 354 g/mol. The summed E-state index contributed by atoms with van der Waals surface area (Å²) in [7, 11) is 1.84. The summed E-state index contributed by atoms with van der Waals surface area (Å²) in [6.45, 7) is 2.19. The van der Waals surface area contributed by atoms with E-state index >= 15 is 0 Å².